The lowest BCUT2D eigenvalue weighted by Crippen LogP contribution is -2.55. The van der Waals surface area contributed by atoms with E-state index in [0.717, 1.165) is 16.6 Å². The number of quaternary nitrogens is 1. The van der Waals surface area contributed by atoms with E-state index in [2.05, 4.69) is 50.3 Å². The quantitative estimate of drug-likeness (QED) is 0.450. The molecule has 2 aliphatic rings. The number of rotatable bonds is 5. The molecule has 0 N–H and O–H groups in total. The fourth-order valence-electron chi connectivity index (χ4n) is 4.48. The summed E-state index contributed by atoms with van der Waals surface area (Å²) >= 11 is 0. The third kappa shape index (κ3) is 3.89. The molecule has 5 heteroatoms. The van der Waals surface area contributed by atoms with Crippen LogP contribution in [0.25, 0.3) is 0 Å². The van der Waals surface area contributed by atoms with E-state index >= 15 is 0 Å². The van der Waals surface area contributed by atoms with Gasteiger partial charge in [-0.05, 0) is 44.5 Å². The number of hydrogen-bond acceptors (Lipinski definition) is 3. The van der Waals surface area contributed by atoms with Crippen molar-refractivity contribution in [2.45, 2.75) is 57.3 Å². The number of hydrogen-bond donors (Lipinski definition) is 0. The third-order valence-corrected chi connectivity index (χ3v) is 6.42. The predicted octanol–water partition coefficient (Wildman–Crippen LogP) is 4.26. The summed E-state index contributed by atoms with van der Waals surface area (Å²) in [5.41, 5.74) is 1.19. The molecule has 0 radical (unpaired) electrons. The van der Waals surface area contributed by atoms with Crippen LogP contribution >= 0.6 is 0 Å². The minimum atomic E-state index is -0.319. The smallest absolute Gasteiger partial charge is 0.269 e. The fraction of sp³-hybridized carbons (Fsp3) is 0.524. The Morgan fingerprint density at radius 3 is 2.62 bits per heavy atom. The van der Waals surface area contributed by atoms with Crippen LogP contribution < -0.4 is 0 Å². The Morgan fingerprint density at radius 1 is 1.23 bits per heavy atom. The largest absolute Gasteiger partial charge is 0.299 e. The number of nitro benzene ring substituents is 1. The van der Waals surface area contributed by atoms with Gasteiger partial charge in [0.25, 0.3) is 5.69 Å². The maximum Gasteiger partial charge on any atom is 0.269 e. The molecule has 1 saturated carbocycles. The first-order chi connectivity index (χ1) is 12.4. The lowest BCUT2D eigenvalue weighted by molar-refractivity contribution is -0.903. The molecular formula is C21H30N3O2+. The monoisotopic (exact) mass is 356 g/mol. The van der Waals surface area contributed by atoms with Crippen molar-refractivity contribution in [1.82, 2.24) is 4.90 Å². The number of benzene rings is 1. The Hall–Kier alpha value is -1.98. The molecule has 1 heterocycles. The molecule has 1 aliphatic carbocycles. The summed E-state index contributed by atoms with van der Waals surface area (Å²) in [6, 6.07) is 8.77. The molecule has 0 unspecified atom stereocenters. The zero-order valence-corrected chi connectivity index (χ0v) is 16.0. The van der Waals surface area contributed by atoms with Crippen molar-refractivity contribution < 1.29 is 9.41 Å². The van der Waals surface area contributed by atoms with E-state index in [0.29, 0.717) is 18.1 Å². The first kappa shape index (κ1) is 18.8. The normalized spacial score (nSPS) is 31.3. The SMILES string of the molecule is C[C@H]1C=CC=C[N@@+]1(C)C1CCC(N(C)Cc2cccc([N+](=O)[O-])c2)CC1. The summed E-state index contributed by atoms with van der Waals surface area (Å²) in [6.07, 6.45) is 13.8. The molecule has 0 saturated heterocycles. The van der Waals surface area contributed by atoms with Crippen molar-refractivity contribution in [2.24, 2.45) is 0 Å². The molecular weight excluding hydrogens is 326 g/mol. The van der Waals surface area contributed by atoms with Gasteiger partial charge >= 0.3 is 0 Å². The molecule has 1 aliphatic heterocycles. The molecule has 0 bridgehead atoms. The summed E-state index contributed by atoms with van der Waals surface area (Å²) in [6.45, 7) is 3.07. The lowest BCUT2D eigenvalue weighted by Gasteiger charge is -2.46. The molecule has 0 spiro atoms. The summed E-state index contributed by atoms with van der Waals surface area (Å²) < 4.78 is 1.01. The van der Waals surface area contributed by atoms with E-state index in [9.17, 15) is 10.1 Å². The minimum Gasteiger partial charge on any atom is -0.299 e. The molecule has 26 heavy (non-hydrogen) atoms. The highest BCUT2D eigenvalue weighted by Gasteiger charge is 2.39. The van der Waals surface area contributed by atoms with Crippen LogP contribution in [0.3, 0.4) is 0 Å². The van der Waals surface area contributed by atoms with E-state index in [1.807, 2.05) is 6.07 Å². The van der Waals surface area contributed by atoms with Crippen molar-refractivity contribution in [3.63, 3.8) is 0 Å². The molecule has 5 nitrogen and oxygen atoms in total. The van der Waals surface area contributed by atoms with Crippen LogP contribution in [0.15, 0.2) is 48.7 Å². The fourth-order valence-corrected chi connectivity index (χ4v) is 4.48. The van der Waals surface area contributed by atoms with Crippen LogP contribution in [0.2, 0.25) is 0 Å². The van der Waals surface area contributed by atoms with Gasteiger partial charge in [0.05, 0.1) is 24.2 Å². The van der Waals surface area contributed by atoms with Crippen molar-refractivity contribution >= 4 is 5.69 Å². The summed E-state index contributed by atoms with van der Waals surface area (Å²) in [5.74, 6) is 0. The average Bonchev–Trinajstić information content (AvgIpc) is 2.64. The highest BCUT2D eigenvalue weighted by Crippen LogP contribution is 2.33. The van der Waals surface area contributed by atoms with Crippen molar-refractivity contribution in [3.05, 3.63) is 64.4 Å². The van der Waals surface area contributed by atoms with E-state index in [-0.39, 0.29) is 10.6 Å². The van der Waals surface area contributed by atoms with Gasteiger partial charge in [-0.2, -0.15) is 0 Å². The van der Waals surface area contributed by atoms with Gasteiger partial charge in [-0.3, -0.25) is 19.5 Å². The second-order valence-corrected chi connectivity index (χ2v) is 7.99. The van der Waals surface area contributed by atoms with Gasteiger partial charge in [0, 0.05) is 37.6 Å². The van der Waals surface area contributed by atoms with Crippen LogP contribution in [0.5, 0.6) is 0 Å². The lowest BCUT2D eigenvalue weighted by atomic mass is 9.87. The zero-order valence-electron chi connectivity index (χ0n) is 16.0. The van der Waals surface area contributed by atoms with Crippen molar-refractivity contribution in [1.29, 1.82) is 0 Å². The maximum atomic E-state index is 11.0. The summed E-state index contributed by atoms with van der Waals surface area (Å²) in [7, 11) is 4.49. The standard InChI is InChI=1S/C21H30N3O2/c1-17-7-4-5-14-24(17,3)21-12-10-19(11-13-21)22(2)16-18-8-6-9-20(15-18)23(25)26/h4-9,14-15,17,19,21H,10-13,16H2,1-3H3/q+1/t17-,19?,21?,24+/m0/s1. The molecule has 1 aromatic carbocycles. The Kier molecular flexibility index (Phi) is 5.58. The highest BCUT2D eigenvalue weighted by molar-refractivity contribution is 5.34. The third-order valence-electron chi connectivity index (χ3n) is 6.42. The Balaban J connectivity index is 1.58. The van der Waals surface area contributed by atoms with Crippen molar-refractivity contribution in [2.75, 3.05) is 14.1 Å². The molecule has 140 valence electrons. The highest BCUT2D eigenvalue weighted by atomic mass is 16.6. The second-order valence-electron chi connectivity index (χ2n) is 7.99. The van der Waals surface area contributed by atoms with Gasteiger partial charge in [-0.1, -0.05) is 18.2 Å². The van der Waals surface area contributed by atoms with Crippen LogP contribution in [0, 0.1) is 10.1 Å². The summed E-state index contributed by atoms with van der Waals surface area (Å²) in [4.78, 5) is 13.0. The summed E-state index contributed by atoms with van der Waals surface area (Å²) in [5, 5.41) is 11.0. The molecule has 0 amide bonds. The van der Waals surface area contributed by atoms with Gasteiger partial charge in [0.1, 0.15) is 6.04 Å². The molecule has 1 fully saturated rings. The van der Waals surface area contributed by atoms with Gasteiger partial charge in [-0.15, -0.1) is 0 Å². The van der Waals surface area contributed by atoms with Gasteiger partial charge in [-0.25, -0.2) is 0 Å². The Morgan fingerprint density at radius 2 is 1.96 bits per heavy atom. The first-order valence-electron chi connectivity index (χ1n) is 9.55. The van der Waals surface area contributed by atoms with Gasteiger partial charge in [0.15, 0.2) is 0 Å². The predicted molar refractivity (Wildman–Crippen MR) is 105 cm³/mol. The maximum absolute atomic E-state index is 11.0. The topological polar surface area (TPSA) is 46.4 Å². The minimum absolute atomic E-state index is 0.177. The van der Waals surface area contributed by atoms with E-state index in [4.69, 9.17) is 0 Å². The number of nitro groups is 1. The number of nitrogens with zero attached hydrogens (tertiary/aromatic N) is 3. The van der Waals surface area contributed by atoms with E-state index < -0.39 is 0 Å². The van der Waals surface area contributed by atoms with Crippen LogP contribution in [-0.2, 0) is 6.54 Å². The number of likely N-dealkylation sites (N-methyl/N-ethyl adjacent to an activating group) is 1. The number of allylic oxidation sites excluding steroid dienone is 2. The van der Waals surface area contributed by atoms with E-state index in [1.54, 1.807) is 18.2 Å². The molecule has 1 aromatic rings. The van der Waals surface area contributed by atoms with Crippen LogP contribution in [-0.4, -0.2) is 46.5 Å². The first-order valence-corrected chi connectivity index (χ1v) is 9.55. The second kappa shape index (κ2) is 7.72. The molecule has 2 atom stereocenters. The average molecular weight is 356 g/mol. The molecule has 0 aromatic heterocycles. The number of non-ortho nitro benzene ring substituents is 1. The Bertz CT molecular complexity index is 707. The Labute approximate surface area is 156 Å². The van der Waals surface area contributed by atoms with Gasteiger partial charge in [0.2, 0.25) is 0 Å². The van der Waals surface area contributed by atoms with Gasteiger partial charge < -0.3 is 0 Å². The van der Waals surface area contributed by atoms with Crippen LogP contribution in [0.1, 0.15) is 38.2 Å². The molecule has 3 rings (SSSR count). The van der Waals surface area contributed by atoms with E-state index in [1.165, 1.54) is 25.7 Å². The zero-order chi connectivity index (χ0) is 18.7. The van der Waals surface area contributed by atoms with Crippen molar-refractivity contribution in [3.8, 4) is 0 Å². The van der Waals surface area contributed by atoms with Crippen LogP contribution in [0.4, 0.5) is 5.69 Å².